The van der Waals surface area contributed by atoms with E-state index in [1.807, 2.05) is 16.7 Å². The van der Waals surface area contributed by atoms with Crippen molar-refractivity contribution in [2.45, 2.75) is 24.9 Å². The Hall–Kier alpha value is -3.93. The van der Waals surface area contributed by atoms with Crippen molar-refractivity contribution >= 4 is 29.1 Å². The van der Waals surface area contributed by atoms with E-state index in [2.05, 4.69) is 15.5 Å². The van der Waals surface area contributed by atoms with E-state index in [0.29, 0.717) is 41.9 Å². The summed E-state index contributed by atoms with van der Waals surface area (Å²) in [5, 5.41) is 22.8. The van der Waals surface area contributed by atoms with Gasteiger partial charge in [-0.3, -0.25) is 24.3 Å². The topological polar surface area (TPSA) is 138 Å². The van der Waals surface area contributed by atoms with Crippen molar-refractivity contribution in [1.82, 2.24) is 20.1 Å². The van der Waals surface area contributed by atoms with Gasteiger partial charge in [-0.25, -0.2) is 0 Å². The standard InChI is InChI=1S/C22H21N5O6S/c1-14(28)23-9-3-6-21-24-25-22(26(21)16-7-8-19-20(11-16)33-13-32-19)34-12-18(29)15-4-2-5-17(10-15)27(30)31/h2,4-5,7-8,10-11H,3,6,9,12-13H2,1H3,(H,23,28). The molecule has 11 nitrogen and oxygen atoms in total. The zero-order chi connectivity index (χ0) is 24.1. The van der Waals surface area contributed by atoms with Crippen LogP contribution in [0.5, 0.6) is 11.5 Å². The van der Waals surface area contributed by atoms with Crippen molar-refractivity contribution < 1.29 is 24.0 Å². The van der Waals surface area contributed by atoms with E-state index in [4.69, 9.17) is 9.47 Å². The Kier molecular flexibility index (Phi) is 7.07. The first kappa shape index (κ1) is 23.2. The lowest BCUT2D eigenvalue weighted by molar-refractivity contribution is -0.384. The van der Waals surface area contributed by atoms with Gasteiger partial charge in [0.1, 0.15) is 5.82 Å². The molecule has 0 unspecified atom stereocenters. The zero-order valence-electron chi connectivity index (χ0n) is 18.2. The van der Waals surface area contributed by atoms with Gasteiger partial charge in [-0.2, -0.15) is 0 Å². The first-order valence-corrected chi connectivity index (χ1v) is 11.4. The van der Waals surface area contributed by atoms with E-state index < -0.39 is 4.92 Å². The maximum atomic E-state index is 12.7. The maximum Gasteiger partial charge on any atom is 0.270 e. The van der Waals surface area contributed by atoms with Crippen LogP contribution in [0, 0.1) is 10.1 Å². The van der Waals surface area contributed by atoms with Crippen LogP contribution in [0.1, 0.15) is 29.5 Å². The second-order valence-electron chi connectivity index (χ2n) is 7.38. The number of rotatable bonds is 10. The number of amides is 1. The monoisotopic (exact) mass is 483 g/mol. The first-order valence-electron chi connectivity index (χ1n) is 10.4. The molecule has 176 valence electrons. The van der Waals surface area contributed by atoms with Gasteiger partial charge in [0.25, 0.3) is 5.69 Å². The summed E-state index contributed by atoms with van der Waals surface area (Å²) in [5.41, 5.74) is 0.862. The number of fused-ring (bicyclic) bond motifs is 1. The summed E-state index contributed by atoms with van der Waals surface area (Å²) in [6.07, 6.45) is 1.20. The molecule has 1 aliphatic heterocycles. The van der Waals surface area contributed by atoms with Gasteiger partial charge >= 0.3 is 0 Å². The Labute approximate surface area is 198 Å². The fourth-order valence-corrected chi connectivity index (χ4v) is 4.22. The minimum absolute atomic E-state index is 0.0236. The van der Waals surface area contributed by atoms with Gasteiger partial charge in [-0.15, -0.1) is 10.2 Å². The minimum Gasteiger partial charge on any atom is -0.454 e. The molecule has 2 heterocycles. The number of hydrogen-bond donors (Lipinski definition) is 1. The average Bonchev–Trinajstić information content (AvgIpc) is 3.46. The van der Waals surface area contributed by atoms with Gasteiger partial charge in [0.2, 0.25) is 12.7 Å². The highest BCUT2D eigenvalue weighted by molar-refractivity contribution is 7.99. The van der Waals surface area contributed by atoms with Crippen LogP contribution in [0.3, 0.4) is 0 Å². The number of carbonyl (C=O) groups excluding carboxylic acids is 2. The molecule has 1 aliphatic rings. The molecule has 34 heavy (non-hydrogen) atoms. The molecule has 0 bridgehead atoms. The van der Waals surface area contributed by atoms with E-state index in [-0.39, 0.29) is 35.5 Å². The number of nitrogens with zero attached hydrogens (tertiary/aromatic N) is 4. The Morgan fingerprint density at radius 1 is 1.18 bits per heavy atom. The molecule has 0 spiro atoms. The van der Waals surface area contributed by atoms with Crippen LogP contribution in [0.2, 0.25) is 0 Å². The molecule has 1 N–H and O–H groups in total. The number of nitrogens with one attached hydrogen (secondary N) is 1. The lowest BCUT2D eigenvalue weighted by Crippen LogP contribution is -2.21. The molecular weight excluding hydrogens is 462 g/mol. The number of aryl methyl sites for hydroxylation is 1. The van der Waals surface area contributed by atoms with Crippen LogP contribution < -0.4 is 14.8 Å². The third-order valence-corrected chi connectivity index (χ3v) is 5.91. The van der Waals surface area contributed by atoms with Gasteiger partial charge in [0.15, 0.2) is 22.4 Å². The molecule has 0 radical (unpaired) electrons. The first-order chi connectivity index (χ1) is 16.4. The molecule has 0 fully saturated rings. The maximum absolute atomic E-state index is 12.7. The number of Topliss-reactive ketones (excluding diaryl/α,β-unsaturated/α-hetero) is 1. The summed E-state index contributed by atoms with van der Waals surface area (Å²) in [6.45, 7) is 2.10. The number of ether oxygens (including phenoxy) is 2. The number of hydrogen-bond acceptors (Lipinski definition) is 9. The number of carbonyl (C=O) groups is 2. The molecule has 0 atom stereocenters. The summed E-state index contributed by atoms with van der Waals surface area (Å²) < 4.78 is 12.7. The van der Waals surface area contributed by atoms with Crippen LogP contribution in [0.15, 0.2) is 47.6 Å². The smallest absolute Gasteiger partial charge is 0.270 e. The highest BCUT2D eigenvalue weighted by atomic mass is 32.2. The Morgan fingerprint density at radius 2 is 2.00 bits per heavy atom. The summed E-state index contributed by atoms with van der Waals surface area (Å²) in [5.74, 6) is 1.55. The molecule has 1 aromatic heterocycles. The van der Waals surface area contributed by atoms with Crippen LogP contribution in [0.4, 0.5) is 5.69 Å². The summed E-state index contributed by atoms with van der Waals surface area (Å²) >= 11 is 1.19. The third kappa shape index (κ3) is 5.34. The number of thioether (sulfide) groups is 1. The predicted molar refractivity (Wildman–Crippen MR) is 123 cm³/mol. The molecule has 2 aromatic carbocycles. The van der Waals surface area contributed by atoms with Crippen LogP contribution in [-0.4, -0.2) is 50.5 Å². The number of ketones is 1. The second-order valence-corrected chi connectivity index (χ2v) is 8.32. The molecular formula is C22H21N5O6S. The molecule has 0 saturated heterocycles. The van der Waals surface area contributed by atoms with Gasteiger partial charge in [-0.05, 0) is 18.6 Å². The molecule has 12 heteroatoms. The van der Waals surface area contributed by atoms with Crippen molar-refractivity contribution in [1.29, 1.82) is 0 Å². The fourth-order valence-electron chi connectivity index (χ4n) is 3.36. The second kappa shape index (κ2) is 10.3. The molecule has 0 saturated carbocycles. The van der Waals surface area contributed by atoms with Crippen molar-refractivity contribution in [2.24, 2.45) is 0 Å². The van der Waals surface area contributed by atoms with E-state index in [1.165, 1.54) is 36.9 Å². The lowest BCUT2D eigenvalue weighted by Gasteiger charge is -2.11. The van der Waals surface area contributed by atoms with Crippen LogP contribution in [0.25, 0.3) is 5.69 Å². The normalized spacial score (nSPS) is 11.9. The van der Waals surface area contributed by atoms with Crippen LogP contribution in [-0.2, 0) is 11.2 Å². The fraction of sp³-hybridized carbons (Fsp3) is 0.273. The predicted octanol–water partition coefficient (Wildman–Crippen LogP) is 2.95. The summed E-state index contributed by atoms with van der Waals surface area (Å²) in [7, 11) is 0. The number of aromatic nitrogens is 3. The van der Waals surface area contributed by atoms with E-state index in [0.717, 1.165) is 5.69 Å². The number of benzene rings is 2. The van der Waals surface area contributed by atoms with Gasteiger partial charge < -0.3 is 14.8 Å². The Bertz CT molecular complexity index is 1240. The van der Waals surface area contributed by atoms with Gasteiger partial charge in [0.05, 0.1) is 16.4 Å². The lowest BCUT2D eigenvalue weighted by atomic mass is 10.1. The molecule has 1 amide bonds. The van der Waals surface area contributed by atoms with Crippen molar-refractivity contribution in [3.05, 3.63) is 64.0 Å². The number of nitro groups is 1. The van der Waals surface area contributed by atoms with E-state index >= 15 is 0 Å². The minimum atomic E-state index is -0.534. The largest absolute Gasteiger partial charge is 0.454 e. The number of nitro benzene ring substituents is 1. The van der Waals surface area contributed by atoms with E-state index in [1.54, 1.807) is 12.1 Å². The Morgan fingerprint density at radius 3 is 2.79 bits per heavy atom. The SMILES string of the molecule is CC(=O)NCCCc1nnc(SCC(=O)c2cccc([N+](=O)[O-])c2)n1-c1ccc2c(c1)OCO2. The van der Waals surface area contributed by atoms with Crippen molar-refractivity contribution in [2.75, 3.05) is 19.1 Å². The van der Waals surface area contributed by atoms with Crippen LogP contribution >= 0.6 is 11.8 Å². The summed E-state index contributed by atoms with van der Waals surface area (Å²) in [6, 6.07) is 11.1. The molecule has 0 aliphatic carbocycles. The summed E-state index contributed by atoms with van der Waals surface area (Å²) in [4.78, 5) is 34.3. The third-order valence-electron chi connectivity index (χ3n) is 4.98. The van der Waals surface area contributed by atoms with Crippen molar-refractivity contribution in [3.8, 4) is 17.2 Å². The Balaban J connectivity index is 1.55. The van der Waals surface area contributed by atoms with Gasteiger partial charge in [0, 0.05) is 43.7 Å². The number of non-ortho nitro benzene ring substituents is 1. The van der Waals surface area contributed by atoms with Gasteiger partial charge in [-0.1, -0.05) is 23.9 Å². The highest BCUT2D eigenvalue weighted by Crippen LogP contribution is 2.35. The van der Waals surface area contributed by atoms with E-state index in [9.17, 15) is 19.7 Å². The van der Waals surface area contributed by atoms with Crippen molar-refractivity contribution in [3.63, 3.8) is 0 Å². The average molecular weight is 484 g/mol. The molecule has 4 rings (SSSR count). The highest BCUT2D eigenvalue weighted by Gasteiger charge is 2.20. The zero-order valence-corrected chi connectivity index (χ0v) is 19.0. The quantitative estimate of drug-likeness (QED) is 0.152. The molecule has 3 aromatic rings.